The lowest BCUT2D eigenvalue weighted by atomic mass is 10.8. The van der Waals surface area contributed by atoms with Crippen LogP contribution in [0.15, 0.2) is 0 Å². The molecule has 0 atom stereocenters. The maximum atomic E-state index is 9.63. The summed E-state index contributed by atoms with van der Waals surface area (Å²) in [7, 11) is -4.53. The minimum absolute atomic E-state index is 0.306. The van der Waals surface area contributed by atoms with Crippen LogP contribution in [0.4, 0.5) is 0 Å². The van der Waals surface area contributed by atoms with E-state index < -0.39 is 10.4 Å². The lowest BCUT2D eigenvalue weighted by Crippen LogP contribution is -2.07. The summed E-state index contributed by atoms with van der Waals surface area (Å²) in [5.74, 6) is 0. The molecule has 0 heterocycles. The standard InChI is InChI=1S/C2H6O6S/c3-1-2-7-8-9(4,5)6/h3H,1-2H2,(H,4,5,6). The molecule has 0 aromatic heterocycles. The molecule has 0 aliphatic heterocycles. The average molecular weight is 158 g/mol. The van der Waals surface area contributed by atoms with Crippen LogP contribution in [-0.4, -0.2) is 31.3 Å². The fraction of sp³-hybridized carbons (Fsp3) is 1.00. The second-order valence-corrected chi connectivity index (χ2v) is 2.03. The average Bonchev–Trinajstić information content (AvgIpc) is 1.63. The van der Waals surface area contributed by atoms with Crippen molar-refractivity contribution in [2.45, 2.75) is 0 Å². The summed E-state index contributed by atoms with van der Waals surface area (Å²) in [6.07, 6.45) is 0. The highest BCUT2D eigenvalue weighted by molar-refractivity contribution is 7.80. The summed E-state index contributed by atoms with van der Waals surface area (Å²) in [6, 6.07) is 0. The van der Waals surface area contributed by atoms with E-state index in [1.54, 1.807) is 0 Å². The Morgan fingerprint density at radius 2 is 2.00 bits per heavy atom. The molecule has 0 aromatic carbocycles. The van der Waals surface area contributed by atoms with Gasteiger partial charge in [0.1, 0.15) is 6.61 Å². The normalized spacial score (nSPS) is 11.8. The monoisotopic (exact) mass is 158 g/mol. The molecule has 0 rings (SSSR count). The summed E-state index contributed by atoms with van der Waals surface area (Å²) >= 11 is 0. The molecule has 0 saturated heterocycles. The number of rotatable bonds is 4. The van der Waals surface area contributed by atoms with Crippen molar-refractivity contribution in [1.82, 2.24) is 0 Å². The topological polar surface area (TPSA) is 93.1 Å². The van der Waals surface area contributed by atoms with Crippen molar-refractivity contribution in [2.75, 3.05) is 13.2 Å². The molecule has 0 aromatic rings. The van der Waals surface area contributed by atoms with Gasteiger partial charge in [0.2, 0.25) is 0 Å². The zero-order valence-corrected chi connectivity index (χ0v) is 5.17. The molecule has 56 valence electrons. The van der Waals surface area contributed by atoms with Crippen LogP contribution in [0.25, 0.3) is 0 Å². The van der Waals surface area contributed by atoms with Crippen LogP contribution in [0, 0.1) is 0 Å². The van der Waals surface area contributed by atoms with Crippen LogP contribution in [0.1, 0.15) is 0 Å². The molecule has 0 spiro atoms. The van der Waals surface area contributed by atoms with Crippen molar-refractivity contribution in [2.24, 2.45) is 0 Å². The van der Waals surface area contributed by atoms with Crippen molar-refractivity contribution in [3.63, 3.8) is 0 Å². The van der Waals surface area contributed by atoms with Gasteiger partial charge in [0.05, 0.1) is 6.61 Å². The van der Waals surface area contributed by atoms with Gasteiger partial charge < -0.3 is 5.11 Å². The molecule has 2 N–H and O–H groups in total. The third-order valence-corrected chi connectivity index (χ3v) is 0.577. The largest absolute Gasteiger partial charge is 0.424 e. The maximum Gasteiger partial charge on any atom is 0.424 e. The third-order valence-electron chi connectivity index (χ3n) is 0.309. The Labute approximate surface area is 51.9 Å². The van der Waals surface area contributed by atoms with E-state index in [1.807, 2.05) is 0 Å². The minimum atomic E-state index is -4.53. The van der Waals surface area contributed by atoms with E-state index in [2.05, 4.69) is 9.22 Å². The predicted octanol–water partition coefficient (Wildman–Crippen LogP) is -1.27. The van der Waals surface area contributed by atoms with Gasteiger partial charge in [-0.2, -0.15) is 8.42 Å². The van der Waals surface area contributed by atoms with Crippen molar-refractivity contribution >= 4 is 10.4 Å². The first kappa shape index (κ1) is 8.79. The minimum Gasteiger partial charge on any atom is -0.394 e. The number of aliphatic hydroxyl groups is 1. The second-order valence-electron chi connectivity index (χ2n) is 1.04. The molecule has 0 saturated carbocycles. The fourth-order valence-corrected chi connectivity index (χ4v) is 0.322. The smallest absolute Gasteiger partial charge is 0.394 e. The van der Waals surface area contributed by atoms with Crippen molar-refractivity contribution in [1.29, 1.82) is 0 Å². The van der Waals surface area contributed by atoms with Crippen LogP contribution in [0.2, 0.25) is 0 Å². The Morgan fingerprint density at radius 1 is 1.44 bits per heavy atom. The highest BCUT2D eigenvalue weighted by atomic mass is 32.3. The summed E-state index contributed by atoms with van der Waals surface area (Å²) < 4.78 is 30.4. The van der Waals surface area contributed by atoms with Crippen molar-refractivity contribution in [3.05, 3.63) is 0 Å². The van der Waals surface area contributed by atoms with Crippen LogP contribution in [0.5, 0.6) is 0 Å². The van der Waals surface area contributed by atoms with Gasteiger partial charge in [-0.1, -0.05) is 4.33 Å². The van der Waals surface area contributed by atoms with Gasteiger partial charge >= 0.3 is 10.4 Å². The molecule has 0 aliphatic rings. The molecule has 0 aliphatic carbocycles. The highest BCUT2D eigenvalue weighted by Crippen LogP contribution is 1.85. The first-order valence-electron chi connectivity index (χ1n) is 1.95. The lowest BCUT2D eigenvalue weighted by molar-refractivity contribution is -0.213. The maximum absolute atomic E-state index is 9.63. The van der Waals surface area contributed by atoms with Gasteiger partial charge in [-0.25, -0.2) is 4.89 Å². The summed E-state index contributed by atoms with van der Waals surface area (Å²) in [5, 5.41) is 7.98. The Hall–Kier alpha value is -0.210. The zero-order valence-electron chi connectivity index (χ0n) is 4.35. The van der Waals surface area contributed by atoms with Gasteiger partial charge in [-0.15, -0.1) is 0 Å². The van der Waals surface area contributed by atoms with Gasteiger partial charge in [0.25, 0.3) is 0 Å². The van der Waals surface area contributed by atoms with Crippen LogP contribution in [0.3, 0.4) is 0 Å². The van der Waals surface area contributed by atoms with Crippen LogP contribution >= 0.6 is 0 Å². The third kappa shape index (κ3) is 7.79. The van der Waals surface area contributed by atoms with E-state index in [0.717, 1.165) is 0 Å². The van der Waals surface area contributed by atoms with Gasteiger partial charge in [-0.3, -0.25) is 4.55 Å². The van der Waals surface area contributed by atoms with Gasteiger partial charge in [-0.05, 0) is 0 Å². The Balaban J connectivity index is 3.30. The SMILES string of the molecule is O=S(=O)(O)OOCCO. The van der Waals surface area contributed by atoms with Gasteiger partial charge in [0, 0.05) is 0 Å². The van der Waals surface area contributed by atoms with E-state index in [0.29, 0.717) is 0 Å². The molecule has 0 radical (unpaired) electrons. The second kappa shape index (κ2) is 3.75. The van der Waals surface area contributed by atoms with E-state index in [1.165, 1.54) is 0 Å². The quantitative estimate of drug-likeness (QED) is 0.229. The van der Waals surface area contributed by atoms with E-state index in [9.17, 15) is 8.42 Å². The molecule has 0 bridgehead atoms. The van der Waals surface area contributed by atoms with Crippen LogP contribution in [-0.2, 0) is 19.6 Å². The summed E-state index contributed by atoms with van der Waals surface area (Å²) in [5.41, 5.74) is 0. The van der Waals surface area contributed by atoms with Crippen LogP contribution < -0.4 is 0 Å². The van der Waals surface area contributed by atoms with E-state index >= 15 is 0 Å². The van der Waals surface area contributed by atoms with E-state index in [4.69, 9.17) is 9.66 Å². The Bertz CT molecular complexity index is 146. The molecular formula is C2H6O6S. The highest BCUT2D eigenvalue weighted by Gasteiger charge is 2.03. The fourth-order valence-electron chi connectivity index (χ4n) is 0.132. The predicted molar refractivity (Wildman–Crippen MR) is 25.7 cm³/mol. The molecule has 0 fully saturated rings. The molecule has 0 unspecified atom stereocenters. The van der Waals surface area contributed by atoms with Crippen molar-refractivity contribution in [3.8, 4) is 0 Å². The molecule has 7 heteroatoms. The number of aliphatic hydroxyl groups excluding tert-OH is 1. The molecule has 6 nitrogen and oxygen atoms in total. The summed E-state index contributed by atoms with van der Waals surface area (Å²) in [6.45, 7) is -0.685. The van der Waals surface area contributed by atoms with Crippen molar-refractivity contribution < 1.29 is 27.3 Å². The summed E-state index contributed by atoms with van der Waals surface area (Å²) in [4.78, 5) is 3.76. The van der Waals surface area contributed by atoms with Gasteiger partial charge in [0.15, 0.2) is 0 Å². The Kier molecular flexibility index (Phi) is 3.66. The lowest BCUT2D eigenvalue weighted by Gasteiger charge is -1.94. The first-order valence-corrected chi connectivity index (χ1v) is 3.32. The Morgan fingerprint density at radius 3 is 2.33 bits per heavy atom. The van der Waals surface area contributed by atoms with E-state index in [-0.39, 0.29) is 13.2 Å². The molecular weight excluding hydrogens is 152 g/mol. The number of hydrogen-bond acceptors (Lipinski definition) is 5. The zero-order chi connectivity index (χ0) is 7.33. The molecule has 0 amide bonds. The first-order chi connectivity index (χ1) is 4.06. The number of hydrogen-bond donors (Lipinski definition) is 2. The molecule has 9 heavy (non-hydrogen) atoms.